The van der Waals surface area contributed by atoms with Gasteiger partial charge in [-0.25, -0.2) is 0 Å². The fourth-order valence-corrected chi connectivity index (χ4v) is 2.98. The van der Waals surface area contributed by atoms with Crippen LogP contribution in [-0.2, 0) is 0 Å². The van der Waals surface area contributed by atoms with E-state index in [1.54, 1.807) is 14.2 Å². The van der Waals surface area contributed by atoms with Crippen molar-refractivity contribution in [1.82, 2.24) is 0 Å². The summed E-state index contributed by atoms with van der Waals surface area (Å²) >= 11 is 11.9. The lowest BCUT2D eigenvalue weighted by atomic mass is 10.1. The summed E-state index contributed by atoms with van der Waals surface area (Å²) in [5.41, 5.74) is 3.96. The first-order valence-electron chi connectivity index (χ1n) is 8.72. The van der Waals surface area contributed by atoms with Crippen molar-refractivity contribution in [2.75, 3.05) is 14.2 Å². The Bertz CT molecular complexity index is 905. The molecule has 0 unspecified atom stereocenters. The Morgan fingerprint density at radius 1 is 0.571 bits per heavy atom. The Morgan fingerprint density at radius 2 is 0.929 bits per heavy atom. The summed E-state index contributed by atoms with van der Waals surface area (Å²) in [5, 5.41) is 1.43. The summed E-state index contributed by atoms with van der Waals surface area (Å²) in [5.74, 6) is 1.53. The predicted octanol–water partition coefficient (Wildman–Crippen LogP) is 7.35. The molecule has 0 N–H and O–H groups in total. The number of halogens is 2. The highest BCUT2D eigenvalue weighted by atomic mass is 35.5. The largest absolute Gasteiger partial charge is 0.496 e. The fraction of sp³-hybridized carbons (Fsp3) is 0.0833. The second-order valence-corrected chi connectivity index (χ2v) is 6.98. The van der Waals surface area contributed by atoms with Crippen molar-refractivity contribution in [3.63, 3.8) is 0 Å². The molecule has 3 aromatic carbocycles. The van der Waals surface area contributed by atoms with Crippen LogP contribution in [0.3, 0.4) is 0 Å². The van der Waals surface area contributed by atoms with Crippen molar-refractivity contribution in [2.45, 2.75) is 0 Å². The molecule has 0 aliphatic rings. The molecular weight excluding hydrogens is 391 g/mol. The van der Waals surface area contributed by atoms with Gasteiger partial charge in [0.05, 0.1) is 14.2 Å². The zero-order valence-corrected chi connectivity index (χ0v) is 17.2. The van der Waals surface area contributed by atoms with Crippen LogP contribution >= 0.6 is 23.2 Å². The van der Waals surface area contributed by atoms with Crippen molar-refractivity contribution in [3.05, 3.63) is 93.0 Å². The maximum atomic E-state index is 5.94. The molecule has 0 aliphatic heterocycles. The first-order chi connectivity index (χ1) is 13.6. The van der Waals surface area contributed by atoms with Gasteiger partial charge in [-0.2, -0.15) is 0 Å². The molecule has 0 spiro atoms. The number of methoxy groups -OCH3 is 2. The topological polar surface area (TPSA) is 18.5 Å². The van der Waals surface area contributed by atoms with Gasteiger partial charge in [-0.1, -0.05) is 71.8 Å². The zero-order chi connectivity index (χ0) is 19.9. The molecular formula is C24H20Cl2O2. The SMILES string of the molecule is COc1cc(/C=C/c2ccc(Cl)cc2)c(OC)cc1/C=C/c1ccc(Cl)cc1. The molecule has 0 heterocycles. The van der Waals surface area contributed by atoms with Crippen LogP contribution in [-0.4, -0.2) is 14.2 Å². The summed E-state index contributed by atoms with van der Waals surface area (Å²) < 4.78 is 11.2. The maximum absolute atomic E-state index is 5.94. The van der Waals surface area contributed by atoms with E-state index in [1.165, 1.54) is 0 Å². The van der Waals surface area contributed by atoms with Gasteiger partial charge in [0.15, 0.2) is 0 Å². The summed E-state index contributed by atoms with van der Waals surface area (Å²) in [7, 11) is 3.32. The monoisotopic (exact) mass is 410 g/mol. The molecule has 2 nitrogen and oxygen atoms in total. The lowest BCUT2D eigenvalue weighted by molar-refractivity contribution is 0.401. The van der Waals surface area contributed by atoms with Gasteiger partial charge in [-0.15, -0.1) is 0 Å². The van der Waals surface area contributed by atoms with Crippen molar-refractivity contribution >= 4 is 47.5 Å². The lowest BCUT2D eigenvalue weighted by Crippen LogP contribution is -1.93. The van der Waals surface area contributed by atoms with Crippen molar-refractivity contribution < 1.29 is 9.47 Å². The molecule has 4 heteroatoms. The van der Waals surface area contributed by atoms with Crippen LogP contribution in [0, 0.1) is 0 Å². The molecule has 28 heavy (non-hydrogen) atoms. The first kappa shape index (κ1) is 20.1. The highest BCUT2D eigenvalue weighted by Gasteiger charge is 2.08. The molecule has 0 amide bonds. The Labute approximate surface area is 175 Å². The average molecular weight is 411 g/mol. The summed E-state index contributed by atoms with van der Waals surface area (Å²) in [6.45, 7) is 0. The van der Waals surface area contributed by atoms with Gasteiger partial charge in [0.25, 0.3) is 0 Å². The second-order valence-electron chi connectivity index (χ2n) is 6.11. The minimum absolute atomic E-state index is 0.716. The minimum atomic E-state index is 0.716. The number of hydrogen-bond donors (Lipinski definition) is 0. The quantitative estimate of drug-likeness (QED) is 0.395. The van der Waals surface area contributed by atoms with E-state index < -0.39 is 0 Å². The molecule has 142 valence electrons. The summed E-state index contributed by atoms with van der Waals surface area (Å²) in [4.78, 5) is 0. The van der Waals surface area contributed by atoms with Gasteiger partial charge in [0, 0.05) is 21.2 Å². The Hall–Kier alpha value is -2.68. The fourth-order valence-electron chi connectivity index (χ4n) is 2.73. The highest BCUT2D eigenvalue weighted by Crippen LogP contribution is 2.32. The third-order valence-electron chi connectivity index (χ3n) is 4.23. The molecule has 0 saturated heterocycles. The van der Waals surface area contributed by atoms with Crippen LogP contribution < -0.4 is 9.47 Å². The number of benzene rings is 3. The summed E-state index contributed by atoms with van der Waals surface area (Å²) in [6.07, 6.45) is 8.02. The zero-order valence-electron chi connectivity index (χ0n) is 15.7. The Kier molecular flexibility index (Phi) is 6.80. The Balaban J connectivity index is 1.90. The highest BCUT2D eigenvalue weighted by molar-refractivity contribution is 6.30. The smallest absolute Gasteiger partial charge is 0.126 e. The van der Waals surface area contributed by atoms with Crippen LogP contribution in [0.15, 0.2) is 60.7 Å². The van der Waals surface area contributed by atoms with Crippen LogP contribution in [0.1, 0.15) is 22.3 Å². The van der Waals surface area contributed by atoms with Crippen molar-refractivity contribution in [3.8, 4) is 11.5 Å². The first-order valence-corrected chi connectivity index (χ1v) is 9.48. The van der Waals surface area contributed by atoms with Crippen LogP contribution in [0.25, 0.3) is 24.3 Å². The van der Waals surface area contributed by atoms with Gasteiger partial charge in [0.2, 0.25) is 0 Å². The van der Waals surface area contributed by atoms with Crippen molar-refractivity contribution in [2.24, 2.45) is 0 Å². The van der Waals surface area contributed by atoms with E-state index in [0.717, 1.165) is 33.8 Å². The van der Waals surface area contributed by atoms with E-state index in [9.17, 15) is 0 Å². The molecule has 0 saturated carbocycles. The predicted molar refractivity (Wildman–Crippen MR) is 120 cm³/mol. The van der Waals surface area contributed by atoms with Crippen molar-refractivity contribution in [1.29, 1.82) is 0 Å². The van der Waals surface area contributed by atoms with Gasteiger partial charge >= 0.3 is 0 Å². The molecule has 0 atom stereocenters. The van der Waals surface area contributed by atoms with E-state index in [-0.39, 0.29) is 0 Å². The minimum Gasteiger partial charge on any atom is -0.496 e. The molecule has 0 aromatic heterocycles. The molecule has 0 aliphatic carbocycles. The molecule has 0 radical (unpaired) electrons. The van der Waals surface area contributed by atoms with Crippen LogP contribution in [0.5, 0.6) is 11.5 Å². The van der Waals surface area contributed by atoms with Gasteiger partial charge < -0.3 is 9.47 Å². The summed E-state index contributed by atoms with van der Waals surface area (Å²) in [6, 6.07) is 19.2. The van der Waals surface area contributed by atoms with Gasteiger partial charge in [0.1, 0.15) is 11.5 Å². The molecule has 3 aromatic rings. The average Bonchev–Trinajstić information content (AvgIpc) is 2.72. The van der Waals surface area contributed by atoms with E-state index in [0.29, 0.717) is 10.0 Å². The third kappa shape index (κ3) is 5.19. The van der Waals surface area contributed by atoms with E-state index in [2.05, 4.69) is 0 Å². The van der Waals surface area contributed by atoms with E-state index >= 15 is 0 Å². The van der Waals surface area contributed by atoms with E-state index in [4.69, 9.17) is 32.7 Å². The van der Waals surface area contributed by atoms with Crippen LogP contribution in [0.2, 0.25) is 10.0 Å². The molecule has 3 rings (SSSR count). The van der Waals surface area contributed by atoms with Gasteiger partial charge in [-0.05, 0) is 47.5 Å². The lowest BCUT2D eigenvalue weighted by Gasteiger charge is -2.11. The number of hydrogen-bond acceptors (Lipinski definition) is 2. The maximum Gasteiger partial charge on any atom is 0.126 e. The molecule has 0 fully saturated rings. The standard InChI is InChI=1S/C24H20Cl2O2/c1-27-23-15-20(10-4-18-7-13-22(26)14-8-18)24(28-2)16-19(23)9-3-17-5-11-21(25)12-6-17/h3-16H,1-2H3/b9-3+,10-4+. The van der Waals surface area contributed by atoms with E-state index in [1.807, 2.05) is 85.0 Å². The van der Waals surface area contributed by atoms with Gasteiger partial charge in [-0.3, -0.25) is 0 Å². The Morgan fingerprint density at radius 3 is 1.25 bits per heavy atom. The number of rotatable bonds is 6. The second kappa shape index (κ2) is 9.50. The normalized spacial score (nSPS) is 11.3. The molecule has 0 bridgehead atoms. The third-order valence-corrected chi connectivity index (χ3v) is 4.74. The number of ether oxygens (including phenoxy) is 2. The van der Waals surface area contributed by atoms with Crippen LogP contribution in [0.4, 0.5) is 0 Å².